The molecular formula is C18H23ClN2O4. The van der Waals surface area contributed by atoms with E-state index in [1.807, 2.05) is 20.8 Å². The van der Waals surface area contributed by atoms with E-state index in [1.165, 1.54) is 0 Å². The summed E-state index contributed by atoms with van der Waals surface area (Å²) in [4.78, 5) is 24.6. The Morgan fingerprint density at radius 2 is 2.04 bits per heavy atom. The molecule has 136 valence electrons. The minimum atomic E-state index is -0.699. The summed E-state index contributed by atoms with van der Waals surface area (Å²) in [5.74, 6) is 0.0798. The molecule has 25 heavy (non-hydrogen) atoms. The lowest BCUT2D eigenvalue weighted by Gasteiger charge is -2.30. The van der Waals surface area contributed by atoms with E-state index in [4.69, 9.17) is 21.1 Å². The van der Waals surface area contributed by atoms with Gasteiger partial charge in [-0.1, -0.05) is 18.5 Å². The van der Waals surface area contributed by atoms with Crippen molar-refractivity contribution < 1.29 is 19.1 Å². The van der Waals surface area contributed by atoms with E-state index >= 15 is 0 Å². The monoisotopic (exact) mass is 366 g/mol. The first-order chi connectivity index (χ1) is 11.9. The van der Waals surface area contributed by atoms with Crippen molar-refractivity contribution in [2.45, 2.75) is 46.3 Å². The molecule has 0 saturated heterocycles. The highest BCUT2D eigenvalue weighted by atomic mass is 35.5. The van der Waals surface area contributed by atoms with Crippen LogP contribution >= 0.6 is 11.6 Å². The molecule has 7 heteroatoms. The van der Waals surface area contributed by atoms with Gasteiger partial charge in [0.15, 0.2) is 0 Å². The summed E-state index contributed by atoms with van der Waals surface area (Å²) in [7, 11) is 0. The highest BCUT2D eigenvalue weighted by molar-refractivity contribution is 6.30. The number of ether oxygens (including phenoxy) is 2. The number of carbonyl (C=O) groups is 2. The maximum Gasteiger partial charge on any atom is 0.338 e. The number of urea groups is 1. The summed E-state index contributed by atoms with van der Waals surface area (Å²) in [6, 6.07) is 4.06. The Balaban J connectivity index is 2.59. The number of esters is 1. The number of rotatable bonds is 6. The minimum Gasteiger partial charge on any atom is -0.491 e. The maximum atomic E-state index is 12.5. The number of nitrogens with one attached hydrogen (secondary N) is 2. The van der Waals surface area contributed by atoms with Gasteiger partial charge in [0.25, 0.3) is 0 Å². The molecule has 2 amide bonds. The average Bonchev–Trinajstić information content (AvgIpc) is 2.55. The minimum absolute atomic E-state index is 0.0713. The second kappa shape index (κ2) is 8.25. The molecule has 2 rings (SSSR count). The molecule has 0 spiro atoms. The molecule has 1 aromatic carbocycles. The van der Waals surface area contributed by atoms with Crippen molar-refractivity contribution in [2.24, 2.45) is 0 Å². The van der Waals surface area contributed by atoms with Gasteiger partial charge >= 0.3 is 12.0 Å². The molecule has 1 aliphatic heterocycles. The third-order valence-electron chi connectivity index (χ3n) is 3.65. The average molecular weight is 367 g/mol. The van der Waals surface area contributed by atoms with Crippen LogP contribution in [-0.4, -0.2) is 24.7 Å². The maximum absolute atomic E-state index is 12.5. The molecule has 2 N–H and O–H groups in total. The fourth-order valence-electron chi connectivity index (χ4n) is 2.69. The van der Waals surface area contributed by atoms with E-state index in [1.54, 1.807) is 25.1 Å². The molecule has 0 fully saturated rings. The van der Waals surface area contributed by atoms with Gasteiger partial charge < -0.3 is 20.1 Å². The van der Waals surface area contributed by atoms with Crippen molar-refractivity contribution in [2.75, 3.05) is 6.61 Å². The van der Waals surface area contributed by atoms with Crippen LogP contribution in [0.2, 0.25) is 5.02 Å². The summed E-state index contributed by atoms with van der Waals surface area (Å²) in [6.07, 6.45) is 0.414. The van der Waals surface area contributed by atoms with Crippen LogP contribution in [0.1, 0.15) is 45.7 Å². The van der Waals surface area contributed by atoms with Gasteiger partial charge in [0.05, 0.1) is 24.3 Å². The molecule has 1 unspecified atom stereocenters. The van der Waals surface area contributed by atoms with Crippen molar-refractivity contribution in [1.82, 2.24) is 10.6 Å². The predicted molar refractivity (Wildman–Crippen MR) is 95.6 cm³/mol. The Morgan fingerprint density at radius 3 is 2.64 bits per heavy atom. The smallest absolute Gasteiger partial charge is 0.338 e. The number of allylic oxidation sites excluding steroid dienone is 1. The predicted octanol–water partition coefficient (Wildman–Crippen LogP) is 3.71. The second-order valence-corrected chi connectivity index (χ2v) is 6.28. The van der Waals surface area contributed by atoms with E-state index in [0.29, 0.717) is 34.0 Å². The molecule has 0 radical (unpaired) electrons. The largest absolute Gasteiger partial charge is 0.491 e. The van der Waals surface area contributed by atoms with E-state index in [2.05, 4.69) is 10.6 Å². The Morgan fingerprint density at radius 1 is 1.32 bits per heavy atom. The Hall–Kier alpha value is -2.21. The van der Waals surface area contributed by atoms with Crippen LogP contribution in [0, 0.1) is 0 Å². The lowest BCUT2D eigenvalue weighted by atomic mass is 9.93. The Labute approximate surface area is 152 Å². The van der Waals surface area contributed by atoms with Crippen LogP contribution in [-0.2, 0) is 9.53 Å². The number of halogens is 1. The number of hydrogen-bond donors (Lipinski definition) is 2. The molecule has 1 aromatic rings. The molecular weight excluding hydrogens is 344 g/mol. The Kier molecular flexibility index (Phi) is 6.31. The van der Waals surface area contributed by atoms with Crippen LogP contribution in [0.4, 0.5) is 4.79 Å². The van der Waals surface area contributed by atoms with Gasteiger partial charge in [0.1, 0.15) is 5.75 Å². The molecule has 0 aromatic heterocycles. The highest BCUT2D eigenvalue weighted by Gasteiger charge is 2.35. The van der Waals surface area contributed by atoms with Gasteiger partial charge in [-0.15, -0.1) is 0 Å². The SMILES string of the molecule is CCOC(=O)C1=C(CC)NC(=O)NC1c1cc(Cl)ccc1OC(C)C. The zero-order chi connectivity index (χ0) is 18.6. The quantitative estimate of drug-likeness (QED) is 0.752. The van der Waals surface area contributed by atoms with Crippen LogP contribution < -0.4 is 15.4 Å². The first-order valence-electron chi connectivity index (χ1n) is 8.31. The normalized spacial score (nSPS) is 17.2. The molecule has 0 bridgehead atoms. The van der Waals surface area contributed by atoms with Crippen molar-refractivity contribution in [3.8, 4) is 5.75 Å². The van der Waals surface area contributed by atoms with Crippen molar-refractivity contribution in [3.63, 3.8) is 0 Å². The van der Waals surface area contributed by atoms with E-state index < -0.39 is 12.0 Å². The number of carbonyl (C=O) groups excluding carboxylic acids is 2. The van der Waals surface area contributed by atoms with Crippen molar-refractivity contribution in [1.29, 1.82) is 0 Å². The third kappa shape index (κ3) is 4.45. The fourth-order valence-corrected chi connectivity index (χ4v) is 2.87. The molecule has 1 atom stereocenters. The van der Waals surface area contributed by atoms with E-state index in [9.17, 15) is 9.59 Å². The van der Waals surface area contributed by atoms with Crippen LogP contribution in [0.25, 0.3) is 0 Å². The summed E-state index contributed by atoms with van der Waals surface area (Å²) < 4.78 is 11.0. The second-order valence-electron chi connectivity index (χ2n) is 5.85. The number of amides is 2. The lowest BCUT2D eigenvalue weighted by Crippen LogP contribution is -2.46. The summed E-state index contributed by atoms with van der Waals surface area (Å²) in [5.41, 5.74) is 1.51. The molecule has 0 saturated carbocycles. The van der Waals surface area contributed by atoms with E-state index in [-0.39, 0.29) is 18.7 Å². The van der Waals surface area contributed by atoms with Gasteiger partial charge in [-0.2, -0.15) is 0 Å². The summed E-state index contributed by atoms with van der Waals surface area (Å²) in [5, 5.41) is 5.95. The first kappa shape index (κ1) is 19.1. The van der Waals surface area contributed by atoms with Crippen LogP contribution in [0.5, 0.6) is 5.75 Å². The van der Waals surface area contributed by atoms with Gasteiger partial charge in [-0.05, 0) is 45.4 Å². The zero-order valence-corrected chi connectivity index (χ0v) is 15.6. The standard InChI is InChI=1S/C18H23ClN2O4/c1-5-13-15(17(22)24-6-2)16(21-18(23)20-13)12-9-11(19)7-8-14(12)25-10(3)4/h7-10,16H,5-6H2,1-4H3,(H2,20,21,23). The molecule has 6 nitrogen and oxygen atoms in total. The molecule has 1 aliphatic rings. The van der Waals surface area contributed by atoms with E-state index in [0.717, 1.165) is 0 Å². The van der Waals surface area contributed by atoms with Gasteiger partial charge in [-0.3, -0.25) is 0 Å². The van der Waals surface area contributed by atoms with Gasteiger partial charge in [0, 0.05) is 16.3 Å². The summed E-state index contributed by atoms with van der Waals surface area (Å²) in [6.45, 7) is 7.64. The van der Waals surface area contributed by atoms with Crippen molar-refractivity contribution in [3.05, 3.63) is 40.1 Å². The fraction of sp³-hybridized carbons (Fsp3) is 0.444. The molecule has 1 heterocycles. The highest BCUT2D eigenvalue weighted by Crippen LogP contribution is 2.36. The summed E-state index contributed by atoms with van der Waals surface area (Å²) >= 11 is 6.15. The lowest BCUT2D eigenvalue weighted by molar-refractivity contribution is -0.139. The number of hydrogen-bond acceptors (Lipinski definition) is 4. The van der Waals surface area contributed by atoms with Gasteiger partial charge in [-0.25, -0.2) is 9.59 Å². The number of benzene rings is 1. The zero-order valence-electron chi connectivity index (χ0n) is 14.8. The third-order valence-corrected chi connectivity index (χ3v) is 3.88. The molecule has 0 aliphatic carbocycles. The van der Waals surface area contributed by atoms with Crippen LogP contribution in [0.3, 0.4) is 0 Å². The first-order valence-corrected chi connectivity index (χ1v) is 8.68. The topological polar surface area (TPSA) is 76.7 Å². The van der Waals surface area contributed by atoms with Crippen molar-refractivity contribution >= 4 is 23.6 Å². The Bertz CT molecular complexity index is 700. The van der Waals surface area contributed by atoms with Gasteiger partial charge in [0.2, 0.25) is 0 Å². The van der Waals surface area contributed by atoms with Crippen LogP contribution in [0.15, 0.2) is 29.5 Å².